The number of nitrogens with two attached hydrogens (primary N) is 1. The van der Waals surface area contributed by atoms with Gasteiger partial charge in [0.2, 0.25) is 0 Å². The molecule has 0 amide bonds. The average molecular weight is 531 g/mol. The molecule has 0 radical (unpaired) electrons. The van der Waals surface area contributed by atoms with E-state index >= 15 is 0 Å². The standard InChI is InChI=1S/C30H23FN8O/c1-16-5-3-6-17(2)27(16)39-23(36-22-8-4-7-20(31)24(22)30(39)40)14-38-29-25(28(32)34-15-35-29)26(37-38)19-9-10-21-18(13-19)11-12-33-21/h3-13,15,33H,14H2,1-2H3,(H2,32,34,35). The Hall–Kier alpha value is -5.38. The van der Waals surface area contributed by atoms with Crippen LogP contribution in [0.1, 0.15) is 17.0 Å². The van der Waals surface area contributed by atoms with E-state index in [9.17, 15) is 9.18 Å². The third kappa shape index (κ3) is 3.57. The summed E-state index contributed by atoms with van der Waals surface area (Å²) in [5.74, 6) is 0.0600. The van der Waals surface area contributed by atoms with Crippen molar-refractivity contribution in [2.24, 2.45) is 0 Å². The number of nitrogens with zero attached hydrogens (tertiary/aromatic N) is 6. The molecule has 0 aliphatic heterocycles. The number of benzene rings is 3. The third-order valence-electron chi connectivity index (χ3n) is 7.26. The van der Waals surface area contributed by atoms with Crippen LogP contribution in [0.5, 0.6) is 0 Å². The second kappa shape index (κ2) is 8.84. The second-order valence-corrected chi connectivity index (χ2v) is 9.79. The Morgan fingerprint density at radius 2 is 1.77 bits per heavy atom. The summed E-state index contributed by atoms with van der Waals surface area (Å²) in [7, 11) is 0. The first-order valence-electron chi connectivity index (χ1n) is 12.7. The minimum Gasteiger partial charge on any atom is -0.383 e. The number of anilines is 1. The number of H-pyrrole nitrogens is 1. The molecule has 0 bridgehead atoms. The topological polar surface area (TPSA) is 120 Å². The van der Waals surface area contributed by atoms with E-state index in [1.54, 1.807) is 16.8 Å². The first-order chi connectivity index (χ1) is 19.4. The van der Waals surface area contributed by atoms with Crippen molar-refractivity contribution in [2.45, 2.75) is 20.4 Å². The Morgan fingerprint density at radius 1 is 0.975 bits per heavy atom. The van der Waals surface area contributed by atoms with Crippen LogP contribution in [0.25, 0.3) is 49.8 Å². The van der Waals surface area contributed by atoms with Crippen LogP contribution in [0.15, 0.2) is 78.0 Å². The fraction of sp³-hybridized carbons (Fsp3) is 0.100. The lowest BCUT2D eigenvalue weighted by atomic mass is 10.1. The summed E-state index contributed by atoms with van der Waals surface area (Å²) in [5.41, 5.74) is 11.5. The number of nitrogen functional groups attached to an aromatic ring is 1. The predicted octanol–water partition coefficient (Wildman–Crippen LogP) is 5.06. The van der Waals surface area contributed by atoms with Crippen LogP contribution >= 0.6 is 0 Å². The van der Waals surface area contributed by atoms with Gasteiger partial charge in [-0.1, -0.05) is 30.3 Å². The van der Waals surface area contributed by atoms with Crippen LogP contribution in [0.2, 0.25) is 0 Å². The Labute approximate surface area is 226 Å². The summed E-state index contributed by atoms with van der Waals surface area (Å²) in [5, 5.41) is 6.47. The Kier molecular flexibility index (Phi) is 5.24. The molecule has 0 unspecified atom stereocenters. The van der Waals surface area contributed by atoms with Crippen LogP contribution < -0.4 is 11.3 Å². The molecule has 3 N–H and O–H groups in total. The SMILES string of the molecule is Cc1cccc(C)c1-n1c(Cn2nc(-c3ccc4[nH]ccc4c3)c3c(N)ncnc32)nc2cccc(F)c2c1=O. The smallest absolute Gasteiger partial charge is 0.269 e. The normalized spacial score (nSPS) is 11.7. The predicted molar refractivity (Wildman–Crippen MR) is 153 cm³/mol. The average Bonchev–Trinajstić information content (AvgIpc) is 3.55. The van der Waals surface area contributed by atoms with E-state index in [-0.39, 0.29) is 17.4 Å². The number of aryl methyl sites for hydroxylation is 2. The fourth-order valence-corrected chi connectivity index (χ4v) is 5.41. The zero-order valence-electron chi connectivity index (χ0n) is 21.7. The van der Waals surface area contributed by atoms with Crippen molar-refractivity contribution in [3.63, 3.8) is 0 Å². The van der Waals surface area contributed by atoms with Gasteiger partial charge in [0.1, 0.15) is 41.4 Å². The van der Waals surface area contributed by atoms with E-state index in [0.29, 0.717) is 34.1 Å². The molecule has 0 saturated carbocycles. The molecule has 7 rings (SSSR count). The van der Waals surface area contributed by atoms with Crippen molar-refractivity contribution in [1.82, 2.24) is 34.3 Å². The van der Waals surface area contributed by atoms with Gasteiger partial charge in [-0.15, -0.1) is 0 Å². The Balaban J connectivity index is 1.49. The lowest BCUT2D eigenvalue weighted by molar-refractivity contribution is 0.629. The Bertz CT molecular complexity index is 2160. The van der Waals surface area contributed by atoms with Gasteiger partial charge in [0.15, 0.2) is 5.65 Å². The van der Waals surface area contributed by atoms with Crippen molar-refractivity contribution >= 4 is 38.7 Å². The molecule has 0 fully saturated rings. The molecule has 0 atom stereocenters. The highest BCUT2D eigenvalue weighted by Gasteiger charge is 2.22. The quantitative estimate of drug-likeness (QED) is 0.328. The molecule has 40 heavy (non-hydrogen) atoms. The van der Waals surface area contributed by atoms with E-state index in [4.69, 9.17) is 15.8 Å². The maximum Gasteiger partial charge on any atom is 0.269 e. The molecule has 196 valence electrons. The van der Waals surface area contributed by atoms with E-state index in [2.05, 4.69) is 15.0 Å². The number of nitrogens with one attached hydrogen (secondary N) is 1. The maximum absolute atomic E-state index is 14.9. The fourth-order valence-electron chi connectivity index (χ4n) is 5.41. The van der Waals surface area contributed by atoms with Crippen molar-refractivity contribution in [2.75, 3.05) is 5.73 Å². The number of aromatic nitrogens is 7. The summed E-state index contributed by atoms with van der Waals surface area (Å²) in [6.07, 6.45) is 3.26. The highest BCUT2D eigenvalue weighted by molar-refractivity contribution is 6.00. The molecule has 10 heteroatoms. The minimum absolute atomic E-state index is 0.0636. The number of hydrogen-bond donors (Lipinski definition) is 2. The van der Waals surface area contributed by atoms with Crippen LogP contribution in [0.3, 0.4) is 0 Å². The van der Waals surface area contributed by atoms with Gasteiger partial charge in [-0.05, 0) is 55.3 Å². The van der Waals surface area contributed by atoms with Gasteiger partial charge in [-0.25, -0.2) is 24.0 Å². The number of rotatable bonds is 4. The molecule has 0 saturated heterocycles. The van der Waals surface area contributed by atoms with E-state index in [1.807, 2.05) is 62.5 Å². The van der Waals surface area contributed by atoms with E-state index < -0.39 is 11.4 Å². The van der Waals surface area contributed by atoms with E-state index in [1.165, 1.54) is 17.0 Å². The molecule has 0 aliphatic carbocycles. The summed E-state index contributed by atoms with van der Waals surface area (Å²) in [6.45, 7) is 3.90. The molecular formula is C30H23FN8O. The molecule has 4 aromatic heterocycles. The largest absolute Gasteiger partial charge is 0.383 e. The zero-order chi connectivity index (χ0) is 27.5. The zero-order valence-corrected chi connectivity index (χ0v) is 21.7. The monoisotopic (exact) mass is 530 g/mol. The van der Waals surface area contributed by atoms with Crippen molar-refractivity contribution in [3.05, 3.63) is 106 Å². The van der Waals surface area contributed by atoms with Gasteiger partial charge in [-0.3, -0.25) is 9.36 Å². The minimum atomic E-state index is -0.617. The summed E-state index contributed by atoms with van der Waals surface area (Å²) in [6, 6.07) is 18.1. The molecule has 7 aromatic rings. The molecular weight excluding hydrogens is 507 g/mol. The summed E-state index contributed by atoms with van der Waals surface area (Å²) < 4.78 is 18.1. The lowest BCUT2D eigenvalue weighted by Crippen LogP contribution is -2.27. The number of fused-ring (bicyclic) bond motifs is 3. The first kappa shape index (κ1) is 23.7. The molecule has 0 spiro atoms. The van der Waals surface area contributed by atoms with Crippen molar-refractivity contribution in [3.8, 4) is 16.9 Å². The van der Waals surface area contributed by atoms with Gasteiger partial charge in [0.05, 0.1) is 16.6 Å². The second-order valence-electron chi connectivity index (χ2n) is 9.79. The molecule has 3 aromatic carbocycles. The van der Waals surface area contributed by atoms with Gasteiger partial charge < -0.3 is 10.7 Å². The number of halogens is 1. The molecule has 0 aliphatic rings. The Morgan fingerprint density at radius 3 is 2.60 bits per heavy atom. The highest BCUT2D eigenvalue weighted by Crippen LogP contribution is 2.32. The van der Waals surface area contributed by atoms with Crippen molar-refractivity contribution < 1.29 is 4.39 Å². The number of hydrogen-bond acceptors (Lipinski definition) is 6. The number of aromatic amines is 1. The third-order valence-corrected chi connectivity index (χ3v) is 7.26. The molecule has 9 nitrogen and oxygen atoms in total. The van der Waals surface area contributed by atoms with Crippen LogP contribution in [0.4, 0.5) is 10.2 Å². The first-order valence-corrected chi connectivity index (χ1v) is 12.7. The van der Waals surface area contributed by atoms with Gasteiger partial charge in [0, 0.05) is 22.7 Å². The van der Waals surface area contributed by atoms with Crippen LogP contribution in [-0.2, 0) is 6.54 Å². The maximum atomic E-state index is 14.9. The summed E-state index contributed by atoms with van der Waals surface area (Å²) >= 11 is 0. The van der Waals surface area contributed by atoms with Gasteiger partial charge in [-0.2, -0.15) is 5.10 Å². The summed E-state index contributed by atoms with van der Waals surface area (Å²) in [4.78, 5) is 30.6. The molecule has 4 heterocycles. The van der Waals surface area contributed by atoms with Gasteiger partial charge in [0.25, 0.3) is 5.56 Å². The lowest BCUT2D eigenvalue weighted by Gasteiger charge is -2.18. The van der Waals surface area contributed by atoms with Gasteiger partial charge >= 0.3 is 0 Å². The van der Waals surface area contributed by atoms with Crippen LogP contribution in [0, 0.1) is 19.7 Å². The van der Waals surface area contributed by atoms with Crippen molar-refractivity contribution in [1.29, 1.82) is 0 Å². The highest BCUT2D eigenvalue weighted by atomic mass is 19.1. The number of para-hydroxylation sites is 1. The van der Waals surface area contributed by atoms with Crippen LogP contribution in [-0.4, -0.2) is 34.3 Å². The van der Waals surface area contributed by atoms with E-state index in [0.717, 1.165) is 27.6 Å².